The van der Waals surface area contributed by atoms with Crippen LogP contribution in [0.5, 0.6) is 5.75 Å². The van der Waals surface area contributed by atoms with Crippen LogP contribution in [-0.2, 0) is 4.74 Å². The van der Waals surface area contributed by atoms with Gasteiger partial charge < -0.3 is 14.6 Å². The number of anilines is 1. The van der Waals surface area contributed by atoms with Gasteiger partial charge in [-0.25, -0.2) is 4.79 Å². The molecule has 5 nitrogen and oxygen atoms in total. The summed E-state index contributed by atoms with van der Waals surface area (Å²) in [5.41, 5.74) is 0.707. The van der Waals surface area contributed by atoms with Crippen LogP contribution in [0.2, 0.25) is 0 Å². The summed E-state index contributed by atoms with van der Waals surface area (Å²) in [5, 5.41) is 8.95. The molecule has 1 fully saturated rings. The molecule has 1 heterocycles. The van der Waals surface area contributed by atoms with Gasteiger partial charge in [-0.05, 0) is 34.1 Å². The van der Waals surface area contributed by atoms with Crippen LogP contribution in [0.1, 0.15) is 0 Å². The van der Waals surface area contributed by atoms with Crippen LogP contribution in [0.25, 0.3) is 0 Å². The molecule has 1 aliphatic rings. The topological polar surface area (TPSA) is 59.0 Å². The van der Waals surface area contributed by atoms with Gasteiger partial charge in [0.2, 0.25) is 0 Å². The van der Waals surface area contributed by atoms with Crippen molar-refractivity contribution in [1.82, 2.24) is 0 Å². The van der Waals surface area contributed by atoms with E-state index in [1.54, 1.807) is 25.3 Å². The van der Waals surface area contributed by atoms with E-state index in [1.807, 2.05) is 0 Å². The largest absolute Gasteiger partial charge is 0.496 e. The summed E-state index contributed by atoms with van der Waals surface area (Å²) in [7, 11) is 1.58. The summed E-state index contributed by atoms with van der Waals surface area (Å²) < 4.78 is 10.8. The highest BCUT2D eigenvalue weighted by atomic mass is 79.9. The number of rotatable bonds is 3. The smallest absolute Gasteiger partial charge is 0.414 e. The zero-order chi connectivity index (χ0) is 12.4. The van der Waals surface area contributed by atoms with Crippen molar-refractivity contribution in [2.75, 3.05) is 25.2 Å². The predicted octanol–water partition coefficient (Wildman–Crippen LogP) is 1.78. The van der Waals surface area contributed by atoms with Gasteiger partial charge in [-0.2, -0.15) is 0 Å². The summed E-state index contributed by atoms with van der Waals surface area (Å²) in [6, 6.07) is 5.31. The maximum Gasteiger partial charge on any atom is 0.414 e. The maximum atomic E-state index is 11.6. The summed E-state index contributed by atoms with van der Waals surface area (Å²) in [6.45, 7) is 0.188. The molecule has 0 saturated carbocycles. The Hall–Kier alpha value is -1.27. The van der Waals surface area contributed by atoms with E-state index in [4.69, 9.17) is 14.6 Å². The Labute approximate surface area is 107 Å². The van der Waals surface area contributed by atoms with Crippen molar-refractivity contribution >= 4 is 27.7 Å². The fourth-order valence-electron chi connectivity index (χ4n) is 1.65. The van der Waals surface area contributed by atoms with Crippen LogP contribution in [0.4, 0.5) is 10.5 Å². The quantitative estimate of drug-likeness (QED) is 0.924. The zero-order valence-electron chi connectivity index (χ0n) is 9.22. The number of hydrogen-bond donors (Lipinski definition) is 1. The molecule has 0 radical (unpaired) electrons. The second-order valence-corrected chi connectivity index (χ2v) is 4.47. The number of ether oxygens (including phenoxy) is 2. The average Bonchev–Trinajstić information content (AvgIpc) is 2.70. The molecule has 1 amide bonds. The highest BCUT2D eigenvalue weighted by Gasteiger charge is 2.31. The van der Waals surface area contributed by atoms with Crippen molar-refractivity contribution in [3.05, 3.63) is 22.7 Å². The normalized spacial score (nSPS) is 19.4. The molecule has 1 unspecified atom stereocenters. The molecule has 1 N–H and O–H groups in total. The van der Waals surface area contributed by atoms with Gasteiger partial charge in [0.1, 0.15) is 11.9 Å². The lowest BCUT2D eigenvalue weighted by Gasteiger charge is -2.14. The lowest BCUT2D eigenvalue weighted by atomic mass is 10.2. The maximum absolute atomic E-state index is 11.6. The third-order valence-electron chi connectivity index (χ3n) is 2.52. The first-order valence-electron chi connectivity index (χ1n) is 5.08. The Balaban J connectivity index is 2.23. The third-order valence-corrected chi connectivity index (χ3v) is 3.14. The Morgan fingerprint density at radius 2 is 2.41 bits per heavy atom. The zero-order valence-corrected chi connectivity index (χ0v) is 10.8. The van der Waals surface area contributed by atoms with Crippen molar-refractivity contribution in [3.63, 3.8) is 0 Å². The van der Waals surface area contributed by atoms with Crippen LogP contribution in [0.15, 0.2) is 22.7 Å². The lowest BCUT2D eigenvalue weighted by Crippen LogP contribution is -2.25. The van der Waals surface area contributed by atoms with Gasteiger partial charge in [-0.3, -0.25) is 4.90 Å². The third kappa shape index (κ3) is 2.37. The number of aliphatic hydroxyl groups is 1. The van der Waals surface area contributed by atoms with Gasteiger partial charge in [0.25, 0.3) is 0 Å². The number of halogens is 1. The Bertz CT molecular complexity index is 437. The molecule has 17 heavy (non-hydrogen) atoms. The van der Waals surface area contributed by atoms with Crippen molar-refractivity contribution in [2.45, 2.75) is 6.10 Å². The van der Waals surface area contributed by atoms with Crippen LogP contribution < -0.4 is 9.64 Å². The van der Waals surface area contributed by atoms with Crippen molar-refractivity contribution in [3.8, 4) is 5.75 Å². The van der Waals surface area contributed by atoms with Crippen LogP contribution in [0, 0.1) is 0 Å². The molecule has 6 heteroatoms. The van der Waals surface area contributed by atoms with E-state index >= 15 is 0 Å². The van der Waals surface area contributed by atoms with Gasteiger partial charge >= 0.3 is 6.09 Å². The number of cyclic esters (lactones) is 1. The number of benzene rings is 1. The summed E-state index contributed by atoms with van der Waals surface area (Å²) in [4.78, 5) is 13.0. The molecular weight excluding hydrogens is 290 g/mol. The van der Waals surface area contributed by atoms with Crippen LogP contribution >= 0.6 is 15.9 Å². The highest BCUT2D eigenvalue weighted by molar-refractivity contribution is 9.10. The van der Waals surface area contributed by atoms with E-state index in [-0.39, 0.29) is 6.61 Å². The molecule has 2 rings (SSSR count). The van der Waals surface area contributed by atoms with Gasteiger partial charge in [0, 0.05) is 5.69 Å². The fraction of sp³-hybridized carbons (Fsp3) is 0.364. The number of methoxy groups -OCH3 is 1. The van der Waals surface area contributed by atoms with Gasteiger partial charge in [0.15, 0.2) is 0 Å². The highest BCUT2D eigenvalue weighted by Crippen LogP contribution is 2.31. The van der Waals surface area contributed by atoms with Gasteiger partial charge in [-0.15, -0.1) is 0 Å². The minimum absolute atomic E-state index is 0.167. The number of aliphatic hydroxyl groups excluding tert-OH is 1. The number of carbonyl (C=O) groups is 1. The first-order valence-corrected chi connectivity index (χ1v) is 5.87. The Morgan fingerprint density at radius 3 is 2.94 bits per heavy atom. The van der Waals surface area contributed by atoms with Crippen molar-refractivity contribution in [2.24, 2.45) is 0 Å². The van der Waals surface area contributed by atoms with Gasteiger partial charge in [-0.1, -0.05) is 0 Å². The molecule has 1 aromatic carbocycles. The molecule has 0 bridgehead atoms. The van der Waals surface area contributed by atoms with E-state index in [9.17, 15) is 4.79 Å². The minimum Gasteiger partial charge on any atom is -0.496 e. The SMILES string of the molecule is COc1ccc(N2CC(CO)OC2=O)cc1Br. The second-order valence-electron chi connectivity index (χ2n) is 3.62. The minimum atomic E-state index is -0.455. The monoisotopic (exact) mass is 301 g/mol. The number of nitrogens with zero attached hydrogens (tertiary/aromatic N) is 1. The van der Waals surface area contributed by atoms with E-state index in [2.05, 4.69) is 15.9 Å². The van der Waals surface area contributed by atoms with E-state index in [0.717, 1.165) is 4.47 Å². The van der Waals surface area contributed by atoms with E-state index in [0.29, 0.717) is 18.0 Å². The van der Waals surface area contributed by atoms with Gasteiger partial charge in [0.05, 0.1) is 24.7 Å². The molecule has 1 aliphatic heterocycles. The Morgan fingerprint density at radius 1 is 1.65 bits per heavy atom. The van der Waals surface area contributed by atoms with Crippen LogP contribution in [0.3, 0.4) is 0 Å². The first-order chi connectivity index (χ1) is 8.15. The fourth-order valence-corrected chi connectivity index (χ4v) is 2.18. The molecular formula is C11H12BrNO4. The molecule has 1 aromatic rings. The number of amides is 1. The van der Waals surface area contributed by atoms with Crippen LogP contribution in [-0.4, -0.2) is 37.6 Å². The van der Waals surface area contributed by atoms with E-state index < -0.39 is 12.2 Å². The molecule has 0 aliphatic carbocycles. The molecule has 0 spiro atoms. The summed E-state index contributed by atoms with van der Waals surface area (Å²) >= 11 is 3.35. The summed E-state index contributed by atoms with van der Waals surface area (Å²) in [5.74, 6) is 0.694. The molecule has 1 saturated heterocycles. The molecule has 1 atom stereocenters. The van der Waals surface area contributed by atoms with Crippen molar-refractivity contribution in [1.29, 1.82) is 0 Å². The lowest BCUT2D eigenvalue weighted by molar-refractivity contribution is 0.0963. The summed E-state index contributed by atoms with van der Waals surface area (Å²) in [6.07, 6.45) is -0.899. The second kappa shape index (κ2) is 4.93. The first kappa shape index (κ1) is 12.2. The molecule has 92 valence electrons. The van der Waals surface area contributed by atoms with Crippen molar-refractivity contribution < 1.29 is 19.4 Å². The Kier molecular flexibility index (Phi) is 3.54. The molecule has 0 aromatic heterocycles. The average molecular weight is 302 g/mol. The predicted molar refractivity (Wildman–Crippen MR) is 65.4 cm³/mol. The number of carbonyl (C=O) groups excluding carboxylic acids is 1. The standard InChI is InChI=1S/C11H12BrNO4/c1-16-10-3-2-7(4-9(10)12)13-5-8(6-14)17-11(13)15/h2-4,8,14H,5-6H2,1H3. The number of hydrogen-bond acceptors (Lipinski definition) is 4. The van der Waals surface area contributed by atoms with E-state index in [1.165, 1.54) is 4.90 Å².